The van der Waals surface area contributed by atoms with Crippen LogP contribution in [0.4, 0.5) is 0 Å². The summed E-state index contributed by atoms with van der Waals surface area (Å²) in [5.41, 5.74) is -1.79. The highest BCUT2D eigenvalue weighted by Crippen LogP contribution is 2.38. The van der Waals surface area contributed by atoms with Gasteiger partial charge < -0.3 is 14.2 Å². The lowest BCUT2D eigenvalue weighted by Gasteiger charge is -2.27. The minimum atomic E-state index is -4.28. The summed E-state index contributed by atoms with van der Waals surface area (Å²) in [5, 5.41) is 0. The van der Waals surface area contributed by atoms with E-state index in [0.29, 0.717) is 0 Å². The predicted molar refractivity (Wildman–Crippen MR) is 64.8 cm³/mol. The van der Waals surface area contributed by atoms with Crippen LogP contribution in [-0.4, -0.2) is 51.2 Å². The first-order valence-corrected chi connectivity index (χ1v) is 7.56. The molecule has 0 aromatic heterocycles. The fourth-order valence-electron chi connectivity index (χ4n) is 2.20. The quantitative estimate of drug-likeness (QED) is 0.678. The van der Waals surface area contributed by atoms with Crippen LogP contribution < -0.4 is 0 Å². The van der Waals surface area contributed by atoms with Crippen LogP contribution in [0.2, 0.25) is 0 Å². The Bertz CT molecular complexity index is 499. The van der Waals surface area contributed by atoms with E-state index in [9.17, 15) is 13.2 Å². The smallest absolute Gasteiger partial charge is 0.401 e. The summed E-state index contributed by atoms with van der Waals surface area (Å²) >= 11 is 0. The van der Waals surface area contributed by atoms with Crippen molar-refractivity contribution in [3.05, 3.63) is 0 Å². The first-order chi connectivity index (χ1) is 9.10. The normalized spacial score (nSPS) is 38.8. The Morgan fingerprint density at radius 1 is 1.35 bits per heavy atom. The number of hydrogen-bond donors (Lipinski definition) is 0. The average Bonchev–Trinajstić information content (AvgIpc) is 2.77. The third-order valence-electron chi connectivity index (χ3n) is 3.09. The SMILES string of the molecule is CCOC(=O)[C@@]1(C)OS(=O)(=O)O[C@@H]1C1COC(C)(C)O1. The lowest BCUT2D eigenvalue weighted by Crippen LogP contribution is -2.52. The molecule has 0 spiro atoms. The van der Waals surface area contributed by atoms with Crippen molar-refractivity contribution in [3.8, 4) is 0 Å². The highest BCUT2D eigenvalue weighted by atomic mass is 32.3. The summed E-state index contributed by atoms with van der Waals surface area (Å²) in [4.78, 5) is 12.0. The molecule has 0 radical (unpaired) electrons. The molecule has 2 fully saturated rings. The molecular formula is C11H18O8S. The van der Waals surface area contributed by atoms with Gasteiger partial charge in [0.05, 0.1) is 13.2 Å². The van der Waals surface area contributed by atoms with Gasteiger partial charge in [0.2, 0.25) is 5.60 Å². The molecule has 20 heavy (non-hydrogen) atoms. The van der Waals surface area contributed by atoms with Gasteiger partial charge in [0, 0.05) is 0 Å². The number of carbonyl (C=O) groups excluding carboxylic acids is 1. The standard InChI is InChI=1S/C11H18O8S/c1-5-15-9(12)11(4)8(18-20(13,14)19-11)7-6-16-10(2,3)17-7/h7-8H,5-6H2,1-4H3/t7?,8-,11+/m1/s1. The van der Waals surface area contributed by atoms with Crippen LogP contribution in [0.5, 0.6) is 0 Å². The third-order valence-corrected chi connectivity index (χ3v) is 4.08. The van der Waals surface area contributed by atoms with Crippen molar-refractivity contribution in [3.63, 3.8) is 0 Å². The molecule has 9 heteroatoms. The van der Waals surface area contributed by atoms with E-state index in [1.807, 2.05) is 0 Å². The Hall–Kier alpha value is -0.740. The summed E-state index contributed by atoms with van der Waals surface area (Å²) in [6, 6.07) is 0. The number of rotatable bonds is 3. The minimum Gasteiger partial charge on any atom is -0.464 e. The second kappa shape index (κ2) is 4.92. The van der Waals surface area contributed by atoms with Crippen LogP contribution in [0.1, 0.15) is 27.7 Å². The van der Waals surface area contributed by atoms with E-state index in [1.54, 1.807) is 20.8 Å². The van der Waals surface area contributed by atoms with Gasteiger partial charge in [-0.2, -0.15) is 8.42 Å². The van der Waals surface area contributed by atoms with Gasteiger partial charge in [-0.05, 0) is 27.7 Å². The zero-order chi connectivity index (χ0) is 15.2. The van der Waals surface area contributed by atoms with Crippen LogP contribution in [0.3, 0.4) is 0 Å². The van der Waals surface area contributed by atoms with E-state index >= 15 is 0 Å². The number of esters is 1. The van der Waals surface area contributed by atoms with Crippen molar-refractivity contribution < 1.29 is 35.8 Å². The zero-order valence-electron chi connectivity index (χ0n) is 11.7. The fraction of sp³-hybridized carbons (Fsp3) is 0.909. The van der Waals surface area contributed by atoms with Gasteiger partial charge in [0.1, 0.15) is 12.2 Å². The summed E-state index contributed by atoms with van der Waals surface area (Å²) in [5.74, 6) is -1.70. The predicted octanol–water partition coefficient (Wildman–Crippen LogP) is 0.120. The van der Waals surface area contributed by atoms with Gasteiger partial charge in [-0.15, -0.1) is 0 Å². The summed E-state index contributed by atoms with van der Waals surface area (Å²) in [6.07, 6.45) is -1.91. The second-order valence-corrected chi connectivity index (χ2v) is 6.38. The molecule has 0 N–H and O–H groups in total. The summed E-state index contributed by atoms with van der Waals surface area (Å²) in [7, 11) is -4.28. The number of hydrogen-bond acceptors (Lipinski definition) is 8. The molecule has 0 bridgehead atoms. The summed E-state index contributed by atoms with van der Waals surface area (Å²) in [6.45, 7) is 6.45. The van der Waals surface area contributed by atoms with Crippen molar-refractivity contribution in [1.82, 2.24) is 0 Å². The van der Waals surface area contributed by atoms with Crippen LogP contribution in [-0.2, 0) is 37.8 Å². The maximum Gasteiger partial charge on any atom is 0.401 e. The lowest BCUT2D eigenvalue weighted by molar-refractivity contribution is -0.175. The molecule has 2 rings (SSSR count). The van der Waals surface area contributed by atoms with Crippen LogP contribution in [0.15, 0.2) is 0 Å². The Kier molecular flexibility index (Phi) is 3.85. The molecule has 0 aromatic rings. The maximum absolute atomic E-state index is 12.0. The molecule has 116 valence electrons. The van der Waals surface area contributed by atoms with Gasteiger partial charge in [-0.25, -0.2) is 13.2 Å². The van der Waals surface area contributed by atoms with Crippen molar-refractivity contribution >= 4 is 16.4 Å². The molecule has 0 amide bonds. The molecular weight excluding hydrogens is 292 g/mol. The minimum absolute atomic E-state index is 0.0888. The largest absolute Gasteiger partial charge is 0.464 e. The van der Waals surface area contributed by atoms with Gasteiger partial charge in [0.15, 0.2) is 5.79 Å². The summed E-state index contributed by atoms with van der Waals surface area (Å²) < 4.78 is 48.5. The highest BCUT2D eigenvalue weighted by molar-refractivity contribution is 7.82. The van der Waals surface area contributed by atoms with E-state index < -0.39 is 40.0 Å². The Labute approximate surface area is 117 Å². The van der Waals surface area contributed by atoms with E-state index in [1.165, 1.54) is 6.92 Å². The Morgan fingerprint density at radius 2 is 2.00 bits per heavy atom. The van der Waals surface area contributed by atoms with Crippen molar-refractivity contribution in [1.29, 1.82) is 0 Å². The van der Waals surface area contributed by atoms with Crippen LogP contribution in [0.25, 0.3) is 0 Å². The van der Waals surface area contributed by atoms with Gasteiger partial charge in [0.25, 0.3) is 0 Å². The monoisotopic (exact) mass is 310 g/mol. The molecule has 2 saturated heterocycles. The molecule has 2 aliphatic rings. The zero-order valence-corrected chi connectivity index (χ0v) is 12.6. The molecule has 1 unspecified atom stereocenters. The Balaban J connectivity index is 2.27. The van der Waals surface area contributed by atoms with Crippen molar-refractivity contribution in [2.75, 3.05) is 13.2 Å². The van der Waals surface area contributed by atoms with E-state index in [2.05, 4.69) is 0 Å². The second-order valence-electron chi connectivity index (χ2n) is 5.20. The van der Waals surface area contributed by atoms with Gasteiger partial charge in [-0.1, -0.05) is 0 Å². The van der Waals surface area contributed by atoms with Gasteiger partial charge >= 0.3 is 16.4 Å². The van der Waals surface area contributed by atoms with E-state index in [-0.39, 0.29) is 13.2 Å². The van der Waals surface area contributed by atoms with Crippen molar-refractivity contribution in [2.24, 2.45) is 0 Å². The highest BCUT2D eigenvalue weighted by Gasteiger charge is 2.61. The number of ether oxygens (including phenoxy) is 3. The van der Waals surface area contributed by atoms with E-state index in [4.69, 9.17) is 22.6 Å². The van der Waals surface area contributed by atoms with Crippen LogP contribution in [0, 0.1) is 0 Å². The van der Waals surface area contributed by atoms with Gasteiger partial charge in [-0.3, -0.25) is 0 Å². The first kappa shape index (κ1) is 15.6. The first-order valence-electron chi connectivity index (χ1n) is 6.22. The molecule has 0 saturated carbocycles. The number of carbonyl (C=O) groups is 1. The van der Waals surface area contributed by atoms with Crippen LogP contribution >= 0.6 is 0 Å². The molecule has 0 aromatic carbocycles. The molecule has 2 aliphatic heterocycles. The third kappa shape index (κ3) is 2.82. The topological polar surface area (TPSA) is 97.4 Å². The molecule has 2 heterocycles. The lowest BCUT2D eigenvalue weighted by atomic mass is 9.95. The molecule has 0 aliphatic carbocycles. The molecule has 8 nitrogen and oxygen atoms in total. The molecule has 3 atom stereocenters. The fourth-order valence-corrected chi connectivity index (χ4v) is 3.39. The van der Waals surface area contributed by atoms with E-state index in [0.717, 1.165) is 0 Å². The maximum atomic E-state index is 12.0. The van der Waals surface area contributed by atoms with Crippen molar-refractivity contribution in [2.45, 2.75) is 51.3 Å². The Morgan fingerprint density at radius 3 is 2.50 bits per heavy atom. The average molecular weight is 310 g/mol.